The van der Waals surface area contributed by atoms with Crippen molar-refractivity contribution in [2.45, 2.75) is 20.8 Å². The summed E-state index contributed by atoms with van der Waals surface area (Å²) in [5.74, 6) is 1.58. The van der Waals surface area contributed by atoms with Gasteiger partial charge in [-0.15, -0.1) is 0 Å². The van der Waals surface area contributed by atoms with Crippen LogP contribution in [0.25, 0.3) is 0 Å². The van der Waals surface area contributed by atoms with Gasteiger partial charge in [0.15, 0.2) is 0 Å². The first kappa shape index (κ1) is 18.7. The molecule has 1 saturated heterocycles. The number of nitrogens with one attached hydrogen (secondary N) is 1. The summed E-state index contributed by atoms with van der Waals surface area (Å²) >= 11 is 0. The summed E-state index contributed by atoms with van der Waals surface area (Å²) in [4.78, 5) is 14.7. The van der Waals surface area contributed by atoms with Gasteiger partial charge in [0.1, 0.15) is 5.75 Å². The van der Waals surface area contributed by atoms with Gasteiger partial charge >= 0.3 is 0 Å². The molecule has 5 nitrogen and oxygen atoms in total. The summed E-state index contributed by atoms with van der Waals surface area (Å²) in [5, 5.41) is 3.03. The molecule has 0 spiro atoms. The number of carbonyl (C=O) groups excluding carboxylic acids is 1. The number of ether oxygens (including phenoxy) is 2. The van der Waals surface area contributed by atoms with Crippen LogP contribution in [0.4, 0.5) is 0 Å². The van der Waals surface area contributed by atoms with E-state index < -0.39 is 0 Å². The van der Waals surface area contributed by atoms with Crippen LogP contribution in [-0.2, 0) is 4.74 Å². The molecule has 1 aliphatic heterocycles. The van der Waals surface area contributed by atoms with E-state index in [0.29, 0.717) is 30.6 Å². The standard InChI is InChI=1S/C19H30N2O3/c1-15(2)14-24-18-6-4-5-17(11-18)19(22)20-12-16(3)13-21-7-9-23-10-8-21/h4-6,11,15-16H,7-10,12-14H2,1-3H3,(H,20,22). The lowest BCUT2D eigenvalue weighted by Crippen LogP contribution is -2.41. The van der Waals surface area contributed by atoms with Gasteiger partial charge in [0.25, 0.3) is 5.91 Å². The molecule has 24 heavy (non-hydrogen) atoms. The normalized spacial score (nSPS) is 16.8. The van der Waals surface area contributed by atoms with Gasteiger partial charge in [0.05, 0.1) is 19.8 Å². The summed E-state index contributed by atoms with van der Waals surface area (Å²) in [5.41, 5.74) is 0.648. The molecule has 5 heteroatoms. The highest BCUT2D eigenvalue weighted by Crippen LogP contribution is 2.14. The third kappa shape index (κ3) is 6.49. The number of benzene rings is 1. The average Bonchev–Trinajstić information content (AvgIpc) is 2.59. The van der Waals surface area contributed by atoms with Crippen LogP contribution in [0.15, 0.2) is 24.3 Å². The Bertz CT molecular complexity index is 513. The minimum atomic E-state index is -0.0428. The molecule has 0 bridgehead atoms. The zero-order chi connectivity index (χ0) is 17.4. The maximum absolute atomic E-state index is 12.3. The third-order valence-electron chi connectivity index (χ3n) is 3.96. The fourth-order valence-electron chi connectivity index (χ4n) is 2.65. The van der Waals surface area contributed by atoms with Crippen LogP contribution >= 0.6 is 0 Å². The summed E-state index contributed by atoms with van der Waals surface area (Å²) < 4.78 is 11.0. The van der Waals surface area contributed by atoms with E-state index in [1.807, 2.05) is 24.3 Å². The third-order valence-corrected chi connectivity index (χ3v) is 3.96. The van der Waals surface area contributed by atoms with Gasteiger partial charge in [0, 0.05) is 31.7 Å². The first-order valence-corrected chi connectivity index (χ1v) is 8.85. The summed E-state index contributed by atoms with van der Waals surface area (Å²) in [6, 6.07) is 7.39. The van der Waals surface area contributed by atoms with Crippen molar-refractivity contribution >= 4 is 5.91 Å². The topological polar surface area (TPSA) is 50.8 Å². The van der Waals surface area contributed by atoms with Crippen molar-refractivity contribution in [3.8, 4) is 5.75 Å². The first-order chi connectivity index (χ1) is 11.5. The van der Waals surface area contributed by atoms with Crippen molar-refractivity contribution in [3.63, 3.8) is 0 Å². The van der Waals surface area contributed by atoms with E-state index in [9.17, 15) is 4.79 Å². The molecule has 1 N–H and O–H groups in total. The molecule has 0 aliphatic carbocycles. The lowest BCUT2D eigenvalue weighted by molar-refractivity contribution is 0.0317. The smallest absolute Gasteiger partial charge is 0.251 e. The molecule has 1 fully saturated rings. The van der Waals surface area contributed by atoms with Crippen LogP contribution in [0, 0.1) is 11.8 Å². The van der Waals surface area contributed by atoms with E-state index in [1.165, 1.54) is 0 Å². The first-order valence-electron chi connectivity index (χ1n) is 8.85. The molecule has 0 aromatic heterocycles. The quantitative estimate of drug-likeness (QED) is 0.793. The van der Waals surface area contributed by atoms with Gasteiger partial charge in [0.2, 0.25) is 0 Å². The van der Waals surface area contributed by atoms with Crippen molar-refractivity contribution in [1.29, 1.82) is 0 Å². The van der Waals surface area contributed by atoms with Crippen LogP contribution in [0.1, 0.15) is 31.1 Å². The lowest BCUT2D eigenvalue weighted by atomic mass is 10.1. The molecule has 1 atom stereocenters. The van der Waals surface area contributed by atoms with E-state index in [1.54, 1.807) is 0 Å². The molecule has 1 heterocycles. The molecule has 1 amide bonds. The second kappa shape index (κ2) is 9.64. The van der Waals surface area contributed by atoms with E-state index in [4.69, 9.17) is 9.47 Å². The minimum absolute atomic E-state index is 0.0428. The van der Waals surface area contributed by atoms with Gasteiger partial charge < -0.3 is 14.8 Å². The van der Waals surface area contributed by atoms with Gasteiger partial charge in [-0.1, -0.05) is 26.8 Å². The van der Waals surface area contributed by atoms with E-state index >= 15 is 0 Å². The Kier molecular flexibility index (Phi) is 7.53. The second-order valence-electron chi connectivity index (χ2n) is 6.96. The van der Waals surface area contributed by atoms with Crippen molar-refractivity contribution in [2.75, 3.05) is 46.0 Å². The number of rotatable bonds is 8. The lowest BCUT2D eigenvalue weighted by Gasteiger charge is -2.29. The number of nitrogens with zero attached hydrogens (tertiary/aromatic N) is 1. The zero-order valence-electron chi connectivity index (χ0n) is 15.1. The number of morpholine rings is 1. The monoisotopic (exact) mass is 334 g/mol. The van der Waals surface area contributed by atoms with E-state index in [-0.39, 0.29) is 5.91 Å². The predicted octanol–water partition coefficient (Wildman–Crippen LogP) is 2.42. The highest BCUT2D eigenvalue weighted by atomic mass is 16.5. The molecule has 2 rings (SSSR count). The van der Waals surface area contributed by atoms with Gasteiger partial charge in [-0.05, 0) is 30.0 Å². The summed E-state index contributed by atoms with van der Waals surface area (Å²) in [6.45, 7) is 12.3. The Morgan fingerprint density at radius 1 is 1.29 bits per heavy atom. The van der Waals surface area contributed by atoms with Crippen molar-refractivity contribution < 1.29 is 14.3 Å². The predicted molar refractivity (Wildman–Crippen MR) is 95.5 cm³/mol. The Labute approximate surface area is 145 Å². The largest absolute Gasteiger partial charge is 0.493 e. The van der Waals surface area contributed by atoms with Crippen molar-refractivity contribution in [1.82, 2.24) is 10.2 Å². The van der Waals surface area contributed by atoms with Crippen molar-refractivity contribution in [2.24, 2.45) is 11.8 Å². The number of hydrogen-bond donors (Lipinski definition) is 1. The molecule has 0 radical (unpaired) electrons. The fourth-order valence-corrected chi connectivity index (χ4v) is 2.65. The molecule has 1 unspecified atom stereocenters. The molecular weight excluding hydrogens is 304 g/mol. The molecule has 1 aromatic rings. The van der Waals surface area contributed by atoms with E-state index in [2.05, 4.69) is 31.0 Å². The van der Waals surface area contributed by atoms with Crippen LogP contribution < -0.4 is 10.1 Å². The number of carbonyl (C=O) groups is 1. The van der Waals surface area contributed by atoms with Crippen LogP contribution in [0.5, 0.6) is 5.75 Å². The fraction of sp³-hybridized carbons (Fsp3) is 0.632. The number of amides is 1. The van der Waals surface area contributed by atoms with Crippen LogP contribution in [-0.4, -0.2) is 56.8 Å². The van der Waals surface area contributed by atoms with Gasteiger partial charge in [-0.25, -0.2) is 0 Å². The molecular formula is C19H30N2O3. The molecule has 0 saturated carbocycles. The SMILES string of the molecule is CC(C)COc1cccc(C(=O)NCC(C)CN2CCOCC2)c1. The second-order valence-corrected chi connectivity index (χ2v) is 6.96. The maximum atomic E-state index is 12.3. The zero-order valence-corrected chi connectivity index (χ0v) is 15.1. The van der Waals surface area contributed by atoms with Crippen LogP contribution in [0.3, 0.4) is 0 Å². The molecule has 1 aliphatic rings. The molecule has 134 valence electrons. The Morgan fingerprint density at radius 3 is 2.75 bits per heavy atom. The average molecular weight is 334 g/mol. The Morgan fingerprint density at radius 2 is 2.04 bits per heavy atom. The van der Waals surface area contributed by atoms with E-state index in [0.717, 1.165) is 38.6 Å². The Hall–Kier alpha value is -1.59. The summed E-state index contributed by atoms with van der Waals surface area (Å²) in [6.07, 6.45) is 0. The van der Waals surface area contributed by atoms with Crippen molar-refractivity contribution in [3.05, 3.63) is 29.8 Å². The highest BCUT2D eigenvalue weighted by Gasteiger charge is 2.15. The maximum Gasteiger partial charge on any atom is 0.251 e. The minimum Gasteiger partial charge on any atom is -0.493 e. The van der Waals surface area contributed by atoms with Gasteiger partial charge in [-0.3, -0.25) is 9.69 Å². The highest BCUT2D eigenvalue weighted by molar-refractivity contribution is 5.94. The summed E-state index contributed by atoms with van der Waals surface area (Å²) in [7, 11) is 0. The number of hydrogen-bond acceptors (Lipinski definition) is 4. The Balaban J connectivity index is 1.77. The van der Waals surface area contributed by atoms with Gasteiger partial charge in [-0.2, -0.15) is 0 Å². The van der Waals surface area contributed by atoms with Crippen LogP contribution in [0.2, 0.25) is 0 Å². The molecule has 1 aromatic carbocycles.